The first-order chi connectivity index (χ1) is 20.6. The second-order valence-corrected chi connectivity index (χ2v) is 14.6. The lowest BCUT2D eigenvalue weighted by Gasteiger charge is -2.19. The number of fused-ring (bicyclic) bond motifs is 2. The number of rotatable bonds is 5. The summed E-state index contributed by atoms with van der Waals surface area (Å²) in [4.78, 5) is 20.4. The Kier molecular flexibility index (Phi) is 8.08. The predicted molar refractivity (Wildman–Crippen MR) is 182 cm³/mol. The average molecular weight is 599 g/mol. The first kappa shape index (κ1) is 31.2. The molecule has 2 N–H and O–H groups in total. The second-order valence-electron chi connectivity index (χ2n) is 14.6. The van der Waals surface area contributed by atoms with Gasteiger partial charge in [0.05, 0.1) is 30.0 Å². The summed E-state index contributed by atoms with van der Waals surface area (Å²) in [5, 5.41) is 5.07. The fraction of sp³-hybridized carbons (Fsp3) is 0.444. The number of hydrogen-bond acceptors (Lipinski definition) is 6. The Balaban J connectivity index is 0.000000240. The molecule has 0 radical (unpaired) electrons. The smallest absolute Gasteiger partial charge is 0.182 e. The topological polar surface area (TPSA) is 109 Å². The van der Waals surface area contributed by atoms with Crippen LogP contribution in [0.25, 0.3) is 44.6 Å². The minimum atomic E-state index is -0.00740. The molecule has 0 spiro atoms. The van der Waals surface area contributed by atoms with Crippen LogP contribution < -0.4 is 0 Å². The van der Waals surface area contributed by atoms with E-state index < -0.39 is 0 Å². The molecule has 0 aliphatic carbocycles. The molecule has 6 aromatic rings. The van der Waals surface area contributed by atoms with E-state index in [2.05, 4.69) is 131 Å². The molecule has 4 heterocycles. The van der Waals surface area contributed by atoms with E-state index in [0.29, 0.717) is 5.92 Å². The normalized spacial score (nSPS) is 12.7. The molecule has 2 aromatic carbocycles. The van der Waals surface area contributed by atoms with E-state index in [4.69, 9.17) is 8.94 Å². The standard InChI is InChI=1S/2C18H23N3O.2H2/c1-17(2,3)12-8-7-11(14-15(12)22-10-20-14)13-9-19-16(21-13)18(4,5)6;1-6-18(4,5)17-19-10-15(21-17)13-8-7-12(11(2)3)14-9-20-22-16(13)14;;/h7-10H,1-6H3,(H,19,21);7-11H,6H2,1-5H3,(H,19,21);2*1H. The number of hydrogen-bond donors (Lipinski definition) is 2. The maximum Gasteiger partial charge on any atom is 0.182 e. The molecule has 0 bridgehead atoms. The van der Waals surface area contributed by atoms with Crippen molar-refractivity contribution in [3.05, 3.63) is 72.0 Å². The van der Waals surface area contributed by atoms with E-state index in [9.17, 15) is 0 Å². The summed E-state index contributed by atoms with van der Waals surface area (Å²) in [5.74, 6) is 2.41. The molecular weight excluding hydrogens is 548 g/mol. The lowest BCUT2D eigenvalue weighted by Crippen LogP contribution is -2.17. The molecule has 8 heteroatoms. The molecule has 6 rings (SSSR count). The third kappa shape index (κ3) is 5.94. The van der Waals surface area contributed by atoms with Gasteiger partial charge in [-0.2, -0.15) is 0 Å². The third-order valence-corrected chi connectivity index (χ3v) is 8.44. The van der Waals surface area contributed by atoms with Crippen LogP contribution in [0.1, 0.15) is 114 Å². The van der Waals surface area contributed by atoms with Gasteiger partial charge in [0.1, 0.15) is 17.2 Å². The molecule has 0 fully saturated rings. The maximum atomic E-state index is 5.67. The van der Waals surface area contributed by atoms with Gasteiger partial charge in [0.25, 0.3) is 0 Å². The van der Waals surface area contributed by atoms with Crippen molar-refractivity contribution in [2.24, 2.45) is 0 Å². The van der Waals surface area contributed by atoms with Crippen LogP contribution in [0, 0.1) is 0 Å². The number of imidazole rings is 2. The molecule has 0 aliphatic rings. The molecule has 0 aliphatic heterocycles. The summed E-state index contributed by atoms with van der Waals surface area (Å²) in [6.45, 7) is 23.9. The van der Waals surface area contributed by atoms with E-state index in [-0.39, 0.29) is 19.1 Å². The van der Waals surface area contributed by atoms with E-state index >= 15 is 0 Å². The molecule has 44 heavy (non-hydrogen) atoms. The minimum absolute atomic E-state index is 0. The summed E-state index contributed by atoms with van der Waals surface area (Å²) >= 11 is 0. The van der Waals surface area contributed by atoms with Crippen LogP contribution in [0.15, 0.2) is 58.2 Å². The molecule has 0 saturated carbocycles. The molecular formula is C36H50N6O2. The van der Waals surface area contributed by atoms with Crippen molar-refractivity contribution >= 4 is 22.1 Å². The first-order valence-electron chi connectivity index (χ1n) is 15.5. The summed E-state index contributed by atoms with van der Waals surface area (Å²) in [5.41, 5.74) is 9.04. The van der Waals surface area contributed by atoms with Gasteiger partial charge < -0.3 is 18.9 Å². The largest absolute Gasteiger partial charge is 0.443 e. The highest BCUT2D eigenvalue weighted by Gasteiger charge is 2.25. The predicted octanol–water partition coefficient (Wildman–Crippen LogP) is 10.3. The number of aromatic nitrogens is 6. The van der Waals surface area contributed by atoms with Gasteiger partial charge in [0.2, 0.25) is 0 Å². The van der Waals surface area contributed by atoms with Crippen LogP contribution in [0.2, 0.25) is 0 Å². The highest BCUT2D eigenvalue weighted by atomic mass is 16.5. The van der Waals surface area contributed by atoms with Gasteiger partial charge in [-0.15, -0.1) is 0 Å². The van der Waals surface area contributed by atoms with Crippen LogP contribution in [0.3, 0.4) is 0 Å². The highest BCUT2D eigenvalue weighted by Crippen LogP contribution is 2.36. The molecule has 4 aromatic heterocycles. The quantitative estimate of drug-likeness (QED) is 0.204. The Morgan fingerprint density at radius 1 is 0.750 bits per heavy atom. The van der Waals surface area contributed by atoms with E-state index in [1.807, 2.05) is 12.4 Å². The molecule has 236 valence electrons. The van der Waals surface area contributed by atoms with Crippen LogP contribution in [0.4, 0.5) is 0 Å². The fourth-order valence-corrected chi connectivity index (χ4v) is 5.26. The van der Waals surface area contributed by atoms with Gasteiger partial charge in [-0.05, 0) is 29.4 Å². The average Bonchev–Trinajstić information content (AvgIpc) is 3.77. The van der Waals surface area contributed by atoms with E-state index in [1.165, 1.54) is 17.5 Å². The van der Waals surface area contributed by atoms with Gasteiger partial charge in [0.15, 0.2) is 17.6 Å². The van der Waals surface area contributed by atoms with Crippen molar-refractivity contribution < 1.29 is 11.8 Å². The van der Waals surface area contributed by atoms with Crippen LogP contribution >= 0.6 is 0 Å². The summed E-state index contributed by atoms with van der Waals surface area (Å²) in [6, 6.07) is 8.48. The van der Waals surface area contributed by atoms with Crippen LogP contribution in [0.5, 0.6) is 0 Å². The zero-order valence-corrected chi connectivity index (χ0v) is 28.0. The number of nitrogens with zero attached hydrogens (tertiary/aromatic N) is 4. The molecule has 0 atom stereocenters. The number of nitrogens with one attached hydrogen (secondary N) is 2. The summed E-state index contributed by atoms with van der Waals surface area (Å²) < 4.78 is 11.2. The lowest BCUT2D eigenvalue weighted by atomic mass is 9.85. The van der Waals surface area contributed by atoms with E-state index in [0.717, 1.165) is 62.7 Å². The fourth-order valence-electron chi connectivity index (χ4n) is 5.26. The van der Waals surface area contributed by atoms with Gasteiger partial charge in [-0.1, -0.05) is 99.5 Å². The van der Waals surface area contributed by atoms with Crippen LogP contribution in [-0.4, -0.2) is 30.1 Å². The van der Waals surface area contributed by atoms with Crippen molar-refractivity contribution in [1.29, 1.82) is 0 Å². The van der Waals surface area contributed by atoms with Gasteiger partial charge in [-0.25, -0.2) is 15.0 Å². The third-order valence-electron chi connectivity index (χ3n) is 8.44. The lowest BCUT2D eigenvalue weighted by molar-refractivity contribution is 0.457. The Hall–Kier alpha value is -4.20. The number of aromatic amines is 2. The van der Waals surface area contributed by atoms with Crippen LogP contribution in [-0.2, 0) is 16.2 Å². The molecule has 0 unspecified atom stereocenters. The van der Waals surface area contributed by atoms with Gasteiger partial charge in [0, 0.05) is 35.8 Å². The maximum absolute atomic E-state index is 5.67. The first-order valence-corrected chi connectivity index (χ1v) is 15.5. The van der Waals surface area contributed by atoms with Crippen molar-refractivity contribution in [1.82, 2.24) is 30.1 Å². The van der Waals surface area contributed by atoms with Gasteiger partial charge >= 0.3 is 0 Å². The SMILES string of the molecule is CC(C)(C)c1ncc(-c2ccc(C(C)(C)C)c3ocnc23)[nH]1.CCC(C)(C)c1ncc(-c2ccc(C(C)C)c3cnoc23)[nH]1.[HH].[HH]. The molecule has 8 nitrogen and oxygen atoms in total. The Labute approximate surface area is 263 Å². The number of benzene rings is 2. The van der Waals surface area contributed by atoms with Gasteiger partial charge in [-0.3, -0.25) is 0 Å². The number of H-pyrrole nitrogens is 2. The Bertz CT molecular complexity index is 1900. The molecule has 0 amide bonds. The number of oxazole rings is 1. The van der Waals surface area contributed by atoms with E-state index in [1.54, 1.807) is 6.20 Å². The summed E-state index contributed by atoms with van der Waals surface area (Å²) in [7, 11) is 0. The monoisotopic (exact) mass is 598 g/mol. The van der Waals surface area contributed by atoms with Crippen molar-refractivity contribution in [2.45, 2.75) is 105 Å². The second kappa shape index (κ2) is 11.4. The highest BCUT2D eigenvalue weighted by molar-refractivity contribution is 5.93. The zero-order chi connectivity index (χ0) is 32.0. The zero-order valence-electron chi connectivity index (χ0n) is 28.0. The Morgan fingerprint density at radius 2 is 1.39 bits per heavy atom. The summed E-state index contributed by atoms with van der Waals surface area (Å²) in [6.07, 6.45) is 8.12. The van der Waals surface area contributed by atoms with Crippen molar-refractivity contribution in [3.8, 4) is 22.5 Å². The minimum Gasteiger partial charge on any atom is -0.443 e. The van der Waals surface area contributed by atoms with Crippen molar-refractivity contribution in [3.63, 3.8) is 0 Å². The Morgan fingerprint density at radius 3 is 2.00 bits per heavy atom. The van der Waals surface area contributed by atoms with Crippen molar-refractivity contribution in [2.75, 3.05) is 0 Å². The molecule has 0 saturated heterocycles.